The summed E-state index contributed by atoms with van der Waals surface area (Å²) in [6.45, 7) is 0. The summed E-state index contributed by atoms with van der Waals surface area (Å²) in [7, 11) is 0. The minimum Gasteiger partial charge on any atom is -0.296 e. The maximum Gasteiger partial charge on any atom is 0.195 e. The number of rotatable bonds is 3. The number of carbonyl (C=O) groups is 2. The van der Waals surface area contributed by atoms with Crippen molar-refractivity contribution in [1.29, 1.82) is 0 Å². The molecule has 0 aliphatic heterocycles. The van der Waals surface area contributed by atoms with Crippen LogP contribution in [0.5, 0.6) is 0 Å². The van der Waals surface area contributed by atoms with Gasteiger partial charge in [-0.25, -0.2) is 4.98 Å². The van der Waals surface area contributed by atoms with Gasteiger partial charge in [0, 0.05) is 10.9 Å². The highest BCUT2D eigenvalue weighted by molar-refractivity contribution is 6.13. The van der Waals surface area contributed by atoms with Crippen LogP contribution in [0.4, 0.5) is 0 Å². The molecule has 0 saturated heterocycles. The van der Waals surface area contributed by atoms with Crippen molar-refractivity contribution in [2.45, 2.75) is 0 Å². The molecule has 2 aromatic carbocycles. The molecule has 3 heteroatoms. The lowest BCUT2D eigenvalue weighted by atomic mass is 10.0. The summed E-state index contributed by atoms with van der Waals surface area (Å²) < 4.78 is 0. The molecule has 0 atom stereocenters. The van der Waals surface area contributed by atoms with E-state index in [-0.39, 0.29) is 11.5 Å². The maximum atomic E-state index is 12.5. The molecule has 0 aliphatic carbocycles. The fourth-order valence-corrected chi connectivity index (χ4v) is 2.15. The first kappa shape index (κ1) is 12.2. The SMILES string of the molecule is O=Cc1nc2ccccc2cc1C(=O)c1ccccc1. The number of ketones is 1. The molecular formula is C17H11NO2. The fourth-order valence-electron chi connectivity index (χ4n) is 2.15. The lowest BCUT2D eigenvalue weighted by Crippen LogP contribution is -2.07. The first-order valence-corrected chi connectivity index (χ1v) is 6.24. The topological polar surface area (TPSA) is 47.0 Å². The number of benzene rings is 2. The number of hydrogen-bond donors (Lipinski definition) is 0. The van der Waals surface area contributed by atoms with E-state index < -0.39 is 0 Å². The Bertz CT molecular complexity index is 794. The van der Waals surface area contributed by atoms with E-state index >= 15 is 0 Å². The average molecular weight is 261 g/mol. The van der Waals surface area contributed by atoms with Gasteiger partial charge in [0.2, 0.25) is 0 Å². The van der Waals surface area contributed by atoms with E-state index in [1.54, 1.807) is 30.3 Å². The average Bonchev–Trinajstić information content (AvgIpc) is 2.53. The van der Waals surface area contributed by atoms with Crippen LogP contribution in [0, 0.1) is 0 Å². The second-order valence-electron chi connectivity index (χ2n) is 4.43. The van der Waals surface area contributed by atoms with E-state index in [9.17, 15) is 9.59 Å². The zero-order valence-electron chi connectivity index (χ0n) is 10.6. The van der Waals surface area contributed by atoms with Crippen molar-refractivity contribution in [1.82, 2.24) is 4.98 Å². The number of nitrogens with zero attached hydrogens (tertiary/aromatic N) is 1. The molecule has 3 nitrogen and oxygen atoms in total. The zero-order valence-corrected chi connectivity index (χ0v) is 10.6. The molecule has 1 aromatic heterocycles. The van der Waals surface area contributed by atoms with E-state index in [4.69, 9.17) is 0 Å². The number of para-hydroxylation sites is 1. The number of fused-ring (bicyclic) bond motifs is 1. The van der Waals surface area contributed by atoms with Crippen molar-refractivity contribution >= 4 is 23.0 Å². The van der Waals surface area contributed by atoms with Crippen LogP contribution in [-0.4, -0.2) is 17.1 Å². The van der Waals surface area contributed by atoms with Crippen molar-refractivity contribution in [2.24, 2.45) is 0 Å². The van der Waals surface area contributed by atoms with Gasteiger partial charge < -0.3 is 0 Å². The molecule has 0 spiro atoms. The maximum absolute atomic E-state index is 12.5. The minimum atomic E-state index is -0.189. The summed E-state index contributed by atoms with van der Waals surface area (Å²) in [6.07, 6.45) is 0.628. The highest BCUT2D eigenvalue weighted by Gasteiger charge is 2.15. The van der Waals surface area contributed by atoms with Crippen molar-refractivity contribution in [3.8, 4) is 0 Å². The van der Waals surface area contributed by atoms with Crippen LogP contribution in [0.3, 0.4) is 0 Å². The Morgan fingerprint density at radius 2 is 1.65 bits per heavy atom. The van der Waals surface area contributed by atoms with Gasteiger partial charge in [-0.15, -0.1) is 0 Å². The second-order valence-corrected chi connectivity index (χ2v) is 4.43. The van der Waals surface area contributed by atoms with E-state index in [1.165, 1.54) is 0 Å². The fraction of sp³-hybridized carbons (Fsp3) is 0. The molecule has 3 aromatic rings. The largest absolute Gasteiger partial charge is 0.296 e. The molecule has 0 saturated carbocycles. The van der Waals surface area contributed by atoms with Gasteiger partial charge in [0.15, 0.2) is 12.1 Å². The summed E-state index contributed by atoms with van der Waals surface area (Å²) in [5, 5.41) is 0.845. The molecule has 0 fully saturated rings. The van der Waals surface area contributed by atoms with Gasteiger partial charge in [0.25, 0.3) is 0 Å². The summed E-state index contributed by atoms with van der Waals surface area (Å²) in [5.74, 6) is -0.189. The van der Waals surface area contributed by atoms with Crippen LogP contribution in [0.25, 0.3) is 10.9 Å². The number of carbonyl (C=O) groups excluding carboxylic acids is 2. The molecule has 96 valence electrons. The summed E-state index contributed by atoms with van der Waals surface area (Å²) in [5.41, 5.74) is 1.77. The standard InChI is InChI=1S/C17H11NO2/c19-11-16-14(17(20)12-6-2-1-3-7-12)10-13-8-4-5-9-15(13)18-16/h1-11H. The third-order valence-corrected chi connectivity index (χ3v) is 3.15. The second kappa shape index (κ2) is 5.05. The summed E-state index contributed by atoms with van der Waals surface area (Å²) >= 11 is 0. The third-order valence-electron chi connectivity index (χ3n) is 3.15. The van der Waals surface area contributed by atoms with Gasteiger partial charge >= 0.3 is 0 Å². The normalized spacial score (nSPS) is 10.4. The lowest BCUT2D eigenvalue weighted by Gasteiger charge is -2.06. The molecule has 1 heterocycles. The van der Waals surface area contributed by atoms with Crippen LogP contribution >= 0.6 is 0 Å². The zero-order chi connectivity index (χ0) is 13.9. The van der Waals surface area contributed by atoms with Gasteiger partial charge in [-0.05, 0) is 12.1 Å². The van der Waals surface area contributed by atoms with E-state index in [0.717, 1.165) is 5.39 Å². The smallest absolute Gasteiger partial charge is 0.195 e. The Morgan fingerprint density at radius 1 is 0.950 bits per heavy atom. The Kier molecular flexibility index (Phi) is 3.09. The van der Waals surface area contributed by atoms with Crippen molar-refractivity contribution < 1.29 is 9.59 Å². The predicted octanol–water partition coefficient (Wildman–Crippen LogP) is 3.28. The lowest BCUT2D eigenvalue weighted by molar-refractivity contribution is 0.102. The van der Waals surface area contributed by atoms with Crippen LogP contribution in [0.2, 0.25) is 0 Å². The Balaban J connectivity index is 2.20. The highest BCUT2D eigenvalue weighted by Crippen LogP contribution is 2.18. The van der Waals surface area contributed by atoms with Crippen molar-refractivity contribution in [3.05, 3.63) is 77.5 Å². The number of aromatic nitrogens is 1. The first-order chi connectivity index (χ1) is 9.79. The molecular weight excluding hydrogens is 250 g/mol. The van der Waals surface area contributed by atoms with Gasteiger partial charge in [-0.1, -0.05) is 48.5 Å². The van der Waals surface area contributed by atoms with E-state index in [2.05, 4.69) is 4.98 Å². The number of aldehydes is 1. The Hall–Kier alpha value is -2.81. The molecule has 0 radical (unpaired) electrons. The highest BCUT2D eigenvalue weighted by atomic mass is 16.1. The molecule has 0 unspecified atom stereocenters. The van der Waals surface area contributed by atoms with Gasteiger partial charge in [-0.3, -0.25) is 9.59 Å². The van der Waals surface area contributed by atoms with Crippen LogP contribution in [-0.2, 0) is 0 Å². The molecule has 3 rings (SSSR count). The monoisotopic (exact) mass is 261 g/mol. The first-order valence-electron chi connectivity index (χ1n) is 6.24. The molecule has 0 bridgehead atoms. The van der Waals surface area contributed by atoms with Crippen molar-refractivity contribution in [3.63, 3.8) is 0 Å². The quantitative estimate of drug-likeness (QED) is 0.537. The molecule has 20 heavy (non-hydrogen) atoms. The van der Waals surface area contributed by atoms with Crippen molar-refractivity contribution in [2.75, 3.05) is 0 Å². The van der Waals surface area contributed by atoms with Gasteiger partial charge in [0.1, 0.15) is 5.69 Å². The Labute approximate surface area is 115 Å². The Morgan fingerprint density at radius 3 is 2.40 bits per heavy atom. The van der Waals surface area contributed by atoms with Crippen LogP contribution in [0.15, 0.2) is 60.7 Å². The predicted molar refractivity (Wildman–Crippen MR) is 77.0 cm³/mol. The number of hydrogen-bond acceptors (Lipinski definition) is 3. The molecule has 0 aliphatic rings. The van der Waals surface area contributed by atoms with Crippen LogP contribution in [0.1, 0.15) is 26.4 Å². The third kappa shape index (κ3) is 2.10. The number of pyridine rings is 1. The summed E-state index contributed by atoms with van der Waals surface area (Å²) in [4.78, 5) is 27.9. The summed E-state index contributed by atoms with van der Waals surface area (Å²) in [6, 6.07) is 18.0. The van der Waals surface area contributed by atoms with Gasteiger partial charge in [-0.2, -0.15) is 0 Å². The molecule has 0 N–H and O–H groups in total. The molecule has 0 amide bonds. The van der Waals surface area contributed by atoms with Crippen LogP contribution < -0.4 is 0 Å². The van der Waals surface area contributed by atoms with Gasteiger partial charge in [0.05, 0.1) is 11.1 Å². The van der Waals surface area contributed by atoms with E-state index in [1.807, 2.05) is 30.3 Å². The van der Waals surface area contributed by atoms with E-state index in [0.29, 0.717) is 22.9 Å². The minimum absolute atomic E-state index is 0.178.